The van der Waals surface area contributed by atoms with Gasteiger partial charge in [-0.3, -0.25) is 4.79 Å². The first-order chi connectivity index (χ1) is 14.2. The van der Waals surface area contributed by atoms with Gasteiger partial charge in [-0.1, -0.05) is 6.07 Å². The number of rotatable bonds is 7. The van der Waals surface area contributed by atoms with Crippen LogP contribution in [0.2, 0.25) is 0 Å². The van der Waals surface area contributed by atoms with Crippen LogP contribution >= 0.6 is 11.3 Å². The number of ether oxygens (including phenoxy) is 1. The number of amides is 1. The van der Waals surface area contributed by atoms with Gasteiger partial charge in [-0.2, -0.15) is 0 Å². The molecule has 29 heavy (non-hydrogen) atoms. The molecule has 0 aliphatic heterocycles. The Hall–Kier alpha value is -3.59. The van der Waals surface area contributed by atoms with Crippen LogP contribution < -0.4 is 10.1 Å². The van der Waals surface area contributed by atoms with Gasteiger partial charge in [0.2, 0.25) is 18.2 Å². The first kappa shape index (κ1) is 18.8. The molecular weight excluding hydrogens is 395 g/mol. The smallest absolute Gasteiger partial charge is 0.247 e. The predicted molar refractivity (Wildman–Crippen MR) is 105 cm³/mol. The summed E-state index contributed by atoms with van der Waals surface area (Å²) in [6.45, 7) is 0.254. The lowest BCUT2D eigenvalue weighted by Gasteiger charge is -2.05. The average Bonchev–Trinajstić information content (AvgIpc) is 3.40. The molecule has 0 radical (unpaired) electrons. The second-order valence-corrected chi connectivity index (χ2v) is 6.97. The average molecular weight is 410 g/mol. The largest absolute Gasteiger partial charge is 0.486 e. The third-order valence-electron chi connectivity index (χ3n) is 3.87. The van der Waals surface area contributed by atoms with Crippen molar-refractivity contribution in [2.45, 2.75) is 13.0 Å². The van der Waals surface area contributed by atoms with E-state index >= 15 is 0 Å². The van der Waals surface area contributed by atoms with Crippen LogP contribution in [0.25, 0.3) is 11.5 Å². The summed E-state index contributed by atoms with van der Waals surface area (Å²) in [5.41, 5.74) is 1.99. The second kappa shape index (κ2) is 8.61. The van der Waals surface area contributed by atoms with Crippen molar-refractivity contribution in [1.29, 1.82) is 0 Å². The molecule has 0 aliphatic carbocycles. The molecule has 7 nitrogen and oxygen atoms in total. The summed E-state index contributed by atoms with van der Waals surface area (Å²) in [7, 11) is 0. The molecular formula is C20H15FN4O3S. The highest BCUT2D eigenvalue weighted by Gasteiger charge is 2.10. The fourth-order valence-electron chi connectivity index (χ4n) is 2.57. The molecule has 0 spiro atoms. The molecule has 4 aromatic rings. The molecule has 0 atom stereocenters. The van der Waals surface area contributed by atoms with Gasteiger partial charge in [0, 0.05) is 16.6 Å². The molecule has 1 N–H and O–H groups in total. The highest BCUT2D eigenvalue weighted by molar-refractivity contribution is 7.09. The van der Waals surface area contributed by atoms with Crippen LogP contribution in [0.1, 0.15) is 10.7 Å². The van der Waals surface area contributed by atoms with Crippen molar-refractivity contribution in [2.75, 3.05) is 5.32 Å². The Kier molecular flexibility index (Phi) is 5.57. The number of nitrogens with zero attached hydrogens (tertiary/aromatic N) is 3. The summed E-state index contributed by atoms with van der Waals surface area (Å²) in [6.07, 6.45) is 1.39. The van der Waals surface area contributed by atoms with E-state index in [1.54, 1.807) is 30.3 Å². The predicted octanol–water partition coefficient (Wildman–Crippen LogP) is 4.09. The Balaban J connectivity index is 1.32. The number of carbonyl (C=O) groups excluding carboxylic acids is 1. The topological polar surface area (TPSA) is 90.1 Å². The number of anilines is 1. The molecule has 0 unspecified atom stereocenters. The number of carbonyl (C=O) groups is 1. The summed E-state index contributed by atoms with van der Waals surface area (Å²) < 4.78 is 23.6. The Morgan fingerprint density at radius 1 is 1.21 bits per heavy atom. The van der Waals surface area contributed by atoms with E-state index in [9.17, 15) is 9.18 Å². The summed E-state index contributed by atoms with van der Waals surface area (Å²) >= 11 is 1.40. The summed E-state index contributed by atoms with van der Waals surface area (Å²) in [6, 6.07) is 12.9. The van der Waals surface area contributed by atoms with Gasteiger partial charge in [0.05, 0.1) is 12.1 Å². The van der Waals surface area contributed by atoms with Crippen molar-refractivity contribution in [3.05, 3.63) is 76.8 Å². The summed E-state index contributed by atoms with van der Waals surface area (Å²) in [4.78, 5) is 16.7. The molecule has 0 saturated carbocycles. The standard InChI is InChI=1S/C20H15FN4O3S/c21-14-4-6-17(7-5-14)27-10-19-24-16(11-29-19)9-18(26)23-15-3-1-2-13(8-15)20-25-22-12-28-20/h1-8,11-12H,9-10H2,(H,23,26). The van der Waals surface area contributed by atoms with Crippen molar-refractivity contribution in [3.63, 3.8) is 0 Å². The van der Waals surface area contributed by atoms with E-state index in [4.69, 9.17) is 9.15 Å². The van der Waals surface area contributed by atoms with Crippen LogP contribution in [0, 0.1) is 5.82 Å². The molecule has 9 heteroatoms. The zero-order chi connectivity index (χ0) is 20.1. The van der Waals surface area contributed by atoms with Gasteiger partial charge >= 0.3 is 0 Å². The molecule has 4 rings (SSSR count). The maximum Gasteiger partial charge on any atom is 0.247 e. The zero-order valence-corrected chi connectivity index (χ0v) is 15.9. The third kappa shape index (κ3) is 5.02. The number of aromatic nitrogens is 3. The second-order valence-electron chi connectivity index (χ2n) is 6.02. The van der Waals surface area contributed by atoms with E-state index in [-0.39, 0.29) is 24.8 Å². The third-order valence-corrected chi connectivity index (χ3v) is 4.74. The summed E-state index contributed by atoms with van der Waals surface area (Å²) in [5, 5.41) is 12.9. The van der Waals surface area contributed by atoms with Gasteiger partial charge in [0.1, 0.15) is 23.2 Å². The Morgan fingerprint density at radius 2 is 2.07 bits per heavy atom. The minimum Gasteiger partial charge on any atom is -0.486 e. The van der Waals surface area contributed by atoms with Crippen molar-refractivity contribution in [1.82, 2.24) is 15.2 Å². The number of halogens is 1. The maximum atomic E-state index is 12.9. The van der Waals surface area contributed by atoms with E-state index < -0.39 is 0 Å². The Labute approximate surface area is 169 Å². The van der Waals surface area contributed by atoms with Crippen LogP contribution in [0.5, 0.6) is 5.75 Å². The van der Waals surface area contributed by atoms with Crippen LogP contribution in [0.15, 0.2) is 64.7 Å². The highest BCUT2D eigenvalue weighted by Crippen LogP contribution is 2.21. The van der Waals surface area contributed by atoms with Crippen molar-refractivity contribution in [2.24, 2.45) is 0 Å². The van der Waals surface area contributed by atoms with E-state index in [2.05, 4.69) is 20.5 Å². The first-order valence-corrected chi connectivity index (χ1v) is 9.52. The lowest BCUT2D eigenvalue weighted by atomic mass is 10.2. The molecule has 0 saturated heterocycles. The zero-order valence-electron chi connectivity index (χ0n) is 15.0. The Bertz CT molecular complexity index is 1100. The van der Waals surface area contributed by atoms with Crippen LogP contribution in [-0.2, 0) is 17.8 Å². The fourth-order valence-corrected chi connectivity index (χ4v) is 3.28. The Morgan fingerprint density at radius 3 is 2.86 bits per heavy atom. The molecule has 0 fully saturated rings. The van der Waals surface area contributed by atoms with E-state index in [0.29, 0.717) is 28.6 Å². The fraction of sp³-hybridized carbons (Fsp3) is 0.100. The molecule has 1 amide bonds. The van der Waals surface area contributed by atoms with Gasteiger partial charge in [-0.25, -0.2) is 9.37 Å². The van der Waals surface area contributed by atoms with Crippen molar-refractivity contribution >= 4 is 22.9 Å². The molecule has 2 aromatic heterocycles. The minimum atomic E-state index is -0.317. The van der Waals surface area contributed by atoms with E-state index in [1.165, 1.54) is 29.9 Å². The van der Waals surface area contributed by atoms with Crippen molar-refractivity contribution < 1.29 is 18.3 Å². The van der Waals surface area contributed by atoms with Gasteiger partial charge in [-0.15, -0.1) is 21.5 Å². The molecule has 2 heterocycles. The minimum absolute atomic E-state index is 0.137. The number of thiazole rings is 1. The lowest BCUT2D eigenvalue weighted by molar-refractivity contribution is -0.115. The number of benzene rings is 2. The van der Waals surface area contributed by atoms with Gasteiger partial charge < -0.3 is 14.5 Å². The quantitative estimate of drug-likeness (QED) is 0.493. The van der Waals surface area contributed by atoms with Gasteiger partial charge in [-0.05, 0) is 42.5 Å². The molecule has 0 aliphatic rings. The molecule has 2 aromatic carbocycles. The first-order valence-electron chi connectivity index (χ1n) is 8.64. The number of hydrogen-bond acceptors (Lipinski definition) is 7. The van der Waals surface area contributed by atoms with Crippen LogP contribution in [-0.4, -0.2) is 21.1 Å². The normalized spacial score (nSPS) is 10.7. The van der Waals surface area contributed by atoms with Crippen LogP contribution in [0.4, 0.5) is 10.1 Å². The summed E-state index contributed by atoms with van der Waals surface area (Å²) in [5.74, 6) is 0.430. The maximum absolute atomic E-state index is 12.9. The monoisotopic (exact) mass is 410 g/mol. The number of hydrogen-bond donors (Lipinski definition) is 1. The SMILES string of the molecule is O=C(Cc1csc(COc2ccc(F)cc2)n1)Nc1cccc(-c2nnco2)c1. The van der Waals surface area contributed by atoms with E-state index in [0.717, 1.165) is 5.01 Å². The highest BCUT2D eigenvalue weighted by atomic mass is 32.1. The van der Waals surface area contributed by atoms with E-state index in [1.807, 2.05) is 11.4 Å². The van der Waals surface area contributed by atoms with Gasteiger partial charge in [0.15, 0.2) is 0 Å². The van der Waals surface area contributed by atoms with Crippen LogP contribution in [0.3, 0.4) is 0 Å². The van der Waals surface area contributed by atoms with Gasteiger partial charge in [0.25, 0.3) is 0 Å². The van der Waals surface area contributed by atoms with Crippen molar-refractivity contribution in [3.8, 4) is 17.2 Å². The number of nitrogens with one attached hydrogen (secondary N) is 1. The molecule has 146 valence electrons. The lowest BCUT2D eigenvalue weighted by Crippen LogP contribution is -2.14. The molecule has 0 bridgehead atoms.